The molecule has 2 aliphatic rings. The molecule has 0 aromatic rings. The number of piperidine rings is 1. The van der Waals surface area contributed by atoms with Crippen molar-refractivity contribution < 1.29 is 0 Å². The van der Waals surface area contributed by atoms with Gasteiger partial charge in [-0.3, -0.25) is 4.90 Å². The molecule has 13 heavy (non-hydrogen) atoms. The first kappa shape index (κ1) is 8.82. The van der Waals surface area contributed by atoms with Crippen molar-refractivity contribution in [2.24, 2.45) is 0 Å². The zero-order valence-electron chi connectivity index (χ0n) is 8.13. The molecule has 0 unspecified atom stereocenters. The average molecular weight is 178 g/mol. The summed E-state index contributed by atoms with van der Waals surface area (Å²) in [6.45, 7) is 3.58. The molecule has 0 radical (unpaired) electrons. The van der Waals surface area contributed by atoms with Crippen molar-refractivity contribution in [2.45, 2.75) is 25.7 Å². The Morgan fingerprint density at radius 3 is 2.77 bits per heavy atom. The first-order valence-electron chi connectivity index (χ1n) is 5.27. The third-order valence-electron chi connectivity index (χ3n) is 2.75. The third kappa shape index (κ3) is 2.59. The Balaban J connectivity index is 1.66. The summed E-state index contributed by atoms with van der Waals surface area (Å²) < 4.78 is 0. The molecule has 1 N–H and O–H groups in total. The van der Waals surface area contributed by atoms with E-state index < -0.39 is 0 Å². The topological polar surface area (TPSA) is 15.3 Å². The van der Waals surface area contributed by atoms with Gasteiger partial charge in [0.25, 0.3) is 0 Å². The Kier molecular flexibility index (Phi) is 3.03. The number of rotatable bonds is 3. The van der Waals surface area contributed by atoms with E-state index in [1.165, 1.54) is 38.0 Å². The fourth-order valence-corrected chi connectivity index (χ4v) is 1.91. The first-order valence-corrected chi connectivity index (χ1v) is 5.27. The van der Waals surface area contributed by atoms with Gasteiger partial charge in [-0.05, 0) is 32.0 Å². The molecular formula is C11H18N2. The summed E-state index contributed by atoms with van der Waals surface area (Å²) in [5.41, 5.74) is 1.37. The summed E-state index contributed by atoms with van der Waals surface area (Å²) >= 11 is 0. The summed E-state index contributed by atoms with van der Waals surface area (Å²) in [4.78, 5) is 2.50. The van der Waals surface area contributed by atoms with Crippen LogP contribution in [0.3, 0.4) is 0 Å². The molecule has 0 aromatic heterocycles. The minimum absolute atomic E-state index is 1.04. The van der Waals surface area contributed by atoms with E-state index in [4.69, 9.17) is 0 Å². The SMILES string of the molecule is C1=CCC(NCN2CCCCC2)=C1. The quantitative estimate of drug-likeness (QED) is 0.709. The fraction of sp³-hybridized carbons (Fsp3) is 0.636. The largest absolute Gasteiger partial charge is 0.375 e. The van der Waals surface area contributed by atoms with Crippen molar-refractivity contribution in [1.29, 1.82) is 0 Å². The Morgan fingerprint density at radius 2 is 2.08 bits per heavy atom. The maximum atomic E-state index is 3.48. The van der Waals surface area contributed by atoms with E-state index in [1.807, 2.05) is 0 Å². The van der Waals surface area contributed by atoms with Gasteiger partial charge in [0.05, 0.1) is 6.67 Å². The summed E-state index contributed by atoms with van der Waals surface area (Å²) in [5, 5.41) is 3.48. The van der Waals surface area contributed by atoms with Crippen molar-refractivity contribution in [2.75, 3.05) is 19.8 Å². The molecule has 0 atom stereocenters. The molecule has 0 bridgehead atoms. The molecule has 1 aliphatic heterocycles. The molecule has 0 saturated carbocycles. The lowest BCUT2D eigenvalue weighted by Gasteiger charge is -2.27. The van der Waals surface area contributed by atoms with Gasteiger partial charge < -0.3 is 5.32 Å². The molecule has 2 nitrogen and oxygen atoms in total. The lowest BCUT2D eigenvalue weighted by Crippen LogP contribution is -2.37. The second-order valence-electron chi connectivity index (χ2n) is 3.84. The van der Waals surface area contributed by atoms with E-state index >= 15 is 0 Å². The van der Waals surface area contributed by atoms with E-state index in [9.17, 15) is 0 Å². The maximum Gasteiger partial charge on any atom is 0.0675 e. The predicted octanol–water partition coefficient (Wildman–Crippen LogP) is 1.86. The van der Waals surface area contributed by atoms with Crippen LogP contribution in [0.4, 0.5) is 0 Å². The van der Waals surface area contributed by atoms with Crippen LogP contribution in [0, 0.1) is 0 Å². The molecule has 2 heteroatoms. The highest BCUT2D eigenvalue weighted by Crippen LogP contribution is 2.09. The Morgan fingerprint density at radius 1 is 1.23 bits per heavy atom. The van der Waals surface area contributed by atoms with E-state index in [0.717, 1.165) is 13.1 Å². The second-order valence-corrected chi connectivity index (χ2v) is 3.84. The van der Waals surface area contributed by atoms with Gasteiger partial charge in [0.1, 0.15) is 0 Å². The van der Waals surface area contributed by atoms with Crippen molar-refractivity contribution in [3.63, 3.8) is 0 Å². The fourth-order valence-electron chi connectivity index (χ4n) is 1.91. The molecule has 72 valence electrons. The third-order valence-corrected chi connectivity index (χ3v) is 2.75. The highest BCUT2D eigenvalue weighted by Gasteiger charge is 2.09. The lowest BCUT2D eigenvalue weighted by molar-refractivity contribution is 0.219. The lowest BCUT2D eigenvalue weighted by atomic mass is 10.1. The van der Waals surface area contributed by atoms with Crippen LogP contribution in [0.5, 0.6) is 0 Å². The Labute approximate surface area is 80.3 Å². The van der Waals surface area contributed by atoms with Gasteiger partial charge in [-0.25, -0.2) is 0 Å². The van der Waals surface area contributed by atoms with Crippen LogP contribution in [0.1, 0.15) is 25.7 Å². The summed E-state index contributed by atoms with van der Waals surface area (Å²) in [6.07, 6.45) is 11.7. The summed E-state index contributed by atoms with van der Waals surface area (Å²) in [6, 6.07) is 0. The molecule has 0 amide bonds. The second kappa shape index (κ2) is 4.47. The van der Waals surface area contributed by atoms with Gasteiger partial charge in [0.2, 0.25) is 0 Å². The van der Waals surface area contributed by atoms with Crippen molar-refractivity contribution in [3.05, 3.63) is 23.9 Å². The Hall–Kier alpha value is -0.760. The molecule has 0 spiro atoms. The molecular weight excluding hydrogens is 160 g/mol. The van der Waals surface area contributed by atoms with Gasteiger partial charge in [-0.15, -0.1) is 0 Å². The number of hydrogen-bond donors (Lipinski definition) is 1. The molecule has 1 heterocycles. The standard InChI is InChI=1S/C11H18N2/c1-4-8-13(9-5-1)10-12-11-6-2-3-7-11/h2-3,6,12H,1,4-5,7-10H2. The predicted molar refractivity (Wildman–Crippen MR) is 55.3 cm³/mol. The molecule has 2 rings (SSSR count). The highest BCUT2D eigenvalue weighted by atomic mass is 15.2. The van der Waals surface area contributed by atoms with Crippen molar-refractivity contribution in [3.8, 4) is 0 Å². The zero-order valence-corrected chi connectivity index (χ0v) is 8.13. The van der Waals surface area contributed by atoms with E-state index in [2.05, 4.69) is 28.4 Å². The Bertz CT molecular complexity index is 212. The number of nitrogens with one attached hydrogen (secondary N) is 1. The summed E-state index contributed by atoms with van der Waals surface area (Å²) in [5.74, 6) is 0. The van der Waals surface area contributed by atoms with Crippen molar-refractivity contribution >= 4 is 0 Å². The smallest absolute Gasteiger partial charge is 0.0675 e. The molecule has 1 aliphatic carbocycles. The number of allylic oxidation sites excluding steroid dienone is 3. The van der Waals surface area contributed by atoms with Gasteiger partial charge in [-0.2, -0.15) is 0 Å². The number of nitrogens with zero attached hydrogens (tertiary/aromatic N) is 1. The van der Waals surface area contributed by atoms with Gasteiger partial charge in [0, 0.05) is 12.1 Å². The van der Waals surface area contributed by atoms with Gasteiger partial charge in [0.15, 0.2) is 0 Å². The van der Waals surface area contributed by atoms with E-state index in [-0.39, 0.29) is 0 Å². The van der Waals surface area contributed by atoms with Crippen LogP contribution in [0.2, 0.25) is 0 Å². The van der Waals surface area contributed by atoms with Gasteiger partial charge in [-0.1, -0.05) is 18.6 Å². The maximum absolute atomic E-state index is 3.48. The van der Waals surface area contributed by atoms with E-state index in [0.29, 0.717) is 0 Å². The zero-order chi connectivity index (χ0) is 8.93. The average Bonchev–Trinajstić information content (AvgIpc) is 2.69. The van der Waals surface area contributed by atoms with Crippen LogP contribution >= 0.6 is 0 Å². The molecule has 0 aromatic carbocycles. The minimum Gasteiger partial charge on any atom is -0.375 e. The van der Waals surface area contributed by atoms with Crippen molar-refractivity contribution in [1.82, 2.24) is 10.2 Å². The number of likely N-dealkylation sites (tertiary alicyclic amines) is 1. The van der Waals surface area contributed by atoms with E-state index in [1.54, 1.807) is 0 Å². The van der Waals surface area contributed by atoms with Crippen LogP contribution < -0.4 is 5.32 Å². The first-order chi connectivity index (χ1) is 6.45. The normalized spacial score (nSPS) is 23.2. The van der Waals surface area contributed by atoms with Crippen LogP contribution in [-0.4, -0.2) is 24.7 Å². The molecule has 1 fully saturated rings. The summed E-state index contributed by atoms with van der Waals surface area (Å²) in [7, 11) is 0. The highest BCUT2D eigenvalue weighted by molar-refractivity contribution is 5.21. The van der Waals surface area contributed by atoms with Gasteiger partial charge >= 0.3 is 0 Å². The molecule has 1 saturated heterocycles. The number of hydrogen-bond acceptors (Lipinski definition) is 2. The van der Waals surface area contributed by atoms with Crippen LogP contribution in [-0.2, 0) is 0 Å². The van der Waals surface area contributed by atoms with Crippen LogP contribution in [0.15, 0.2) is 23.9 Å². The monoisotopic (exact) mass is 178 g/mol. The van der Waals surface area contributed by atoms with Crippen LogP contribution in [0.25, 0.3) is 0 Å². The minimum atomic E-state index is 1.04.